The summed E-state index contributed by atoms with van der Waals surface area (Å²) in [6.07, 6.45) is 54.4. The van der Waals surface area contributed by atoms with Gasteiger partial charge in [-0.25, -0.2) is 9.13 Å². The summed E-state index contributed by atoms with van der Waals surface area (Å²) in [5, 5.41) is 10.6. The molecule has 0 aromatic rings. The zero-order valence-electron chi connectivity index (χ0n) is 61.3. The van der Waals surface area contributed by atoms with Crippen LogP contribution in [0, 0.1) is 11.8 Å². The van der Waals surface area contributed by atoms with Crippen molar-refractivity contribution in [1.29, 1.82) is 0 Å². The lowest BCUT2D eigenvalue weighted by atomic mass is 10.0. The van der Waals surface area contributed by atoms with E-state index in [0.29, 0.717) is 31.6 Å². The molecule has 0 rings (SSSR count). The van der Waals surface area contributed by atoms with Crippen LogP contribution in [0.2, 0.25) is 0 Å². The molecule has 0 aliphatic carbocycles. The first-order valence-electron chi connectivity index (χ1n) is 39.0. The Hall–Kier alpha value is -1.94. The highest BCUT2D eigenvalue weighted by molar-refractivity contribution is 7.47. The molecule has 0 aromatic carbocycles. The lowest BCUT2D eigenvalue weighted by Gasteiger charge is -2.21. The molecule has 0 aliphatic rings. The summed E-state index contributed by atoms with van der Waals surface area (Å²) in [7, 11) is -9.90. The van der Waals surface area contributed by atoms with E-state index in [9.17, 15) is 43.2 Å². The van der Waals surface area contributed by atoms with Gasteiger partial charge in [-0.05, 0) is 37.5 Å². The maximum atomic E-state index is 13.1. The van der Waals surface area contributed by atoms with E-state index in [1.165, 1.54) is 199 Å². The van der Waals surface area contributed by atoms with Crippen LogP contribution in [0.5, 0.6) is 0 Å². The molecule has 17 nitrogen and oxygen atoms in total. The third kappa shape index (κ3) is 68.6. The highest BCUT2D eigenvalue weighted by atomic mass is 31.2. The molecule has 5 atom stereocenters. The van der Waals surface area contributed by atoms with Gasteiger partial charge in [-0.2, -0.15) is 0 Å². The number of phosphoric acid groups is 2. The van der Waals surface area contributed by atoms with Gasteiger partial charge in [0.05, 0.1) is 26.4 Å². The van der Waals surface area contributed by atoms with Crippen molar-refractivity contribution in [2.75, 3.05) is 39.6 Å². The van der Waals surface area contributed by atoms with Crippen LogP contribution < -0.4 is 0 Å². The number of hydrogen-bond donors (Lipinski definition) is 3. The topological polar surface area (TPSA) is 237 Å². The number of phosphoric ester groups is 2. The van der Waals surface area contributed by atoms with E-state index in [-0.39, 0.29) is 25.7 Å². The van der Waals surface area contributed by atoms with Gasteiger partial charge in [0.2, 0.25) is 0 Å². The molecule has 0 fully saturated rings. The molecule has 19 heteroatoms. The summed E-state index contributed by atoms with van der Waals surface area (Å²) in [5.41, 5.74) is 0. The fourth-order valence-electron chi connectivity index (χ4n) is 11.5. The number of ether oxygens (including phenoxy) is 4. The average molecular weight is 1380 g/mol. The van der Waals surface area contributed by atoms with Gasteiger partial charge in [-0.1, -0.05) is 337 Å². The highest BCUT2D eigenvalue weighted by Crippen LogP contribution is 2.45. The van der Waals surface area contributed by atoms with E-state index in [4.69, 9.17) is 37.0 Å². The summed E-state index contributed by atoms with van der Waals surface area (Å²) < 4.78 is 68.4. The normalized spacial score (nSPS) is 14.0. The number of carbonyl (C=O) groups excluding carboxylic acids is 4. The number of rotatable bonds is 74. The lowest BCUT2D eigenvalue weighted by molar-refractivity contribution is -0.161. The van der Waals surface area contributed by atoms with Crippen LogP contribution in [0.4, 0.5) is 0 Å². The predicted molar refractivity (Wildman–Crippen MR) is 381 cm³/mol. The highest BCUT2D eigenvalue weighted by Gasteiger charge is 2.30. The Bertz CT molecular complexity index is 1820. The molecule has 0 heterocycles. The average Bonchev–Trinajstić information content (AvgIpc) is 1.28. The summed E-state index contributed by atoms with van der Waals surface area (Å²) >= 11 is 0. The van der Waals surface area contributed by atoms with Crippen LogP contribution in [0.3, 0.4) is 0 Å². The minimum atomic E-state index is -4.96. The molecule has 0 spiro atoms. The van der Waals surface area contributed by atoms with Gasteiger partial charge in [0, 0.05) is 25.7 Å². The smallest absolute Gasteiger partial charge is 0.462 e. The third-order valence-corrected chi connectivity index (χ3v) is 19.4. The molecule has 0 bridgehead atoms. The second-order valence-electron chi connectivity index (χ2n) is 28.0. The predicted octanol–water partition coefficient (Wildman–Crippen LogP) is 21.9. The van der Waals surface area contributed by atoms with Gasteiger partial charge < -0.3 is 33.8 Å². The standard InChI is InChI=1S/C75H146O17P2/c1-7-9-11-13-15-17-19-20-21-22-23-24-25-26-27-28-31-36-40-48-54-60-75(80)91-70(63-85-72(77)57-51-45-38-35-32-29-30-33-37-43-49-55-67(3)4)65-89-93(81,82)87-61-69(76)62-88-94(83,84)90-66-71(64-86-73(78)58-52-46-42-41-44-50-56-68(5)6)92-74(79)59-53-47-39-34-18-16-14-12-10-8-2/h67-71,76H,7-66H2,1-6H3,(H,81,82)(H,83,84)/t69-,70-,71-/m1/s1. The van der Waals surface area contributed by atoms with Crippen LogP contribution in [0.25, 0.3) is 0 Å². The van der Waals surface area contributed by atoms with Crippen molar-refractivity contribution in [1.82, 2.24) is 0 Å². The molecule has 0 saturated heterocycles. The maximum Gasteiger partial charge on any atom is 0.472 e. The van der Waals surface area contributed by atoms with Crippen molar-refractivity contribution in [3.63, 3.8) is 0 Å². The van der Waals surface area contributed by atoms with Crippen molar-refractivity contribution < 1.29 is 80.2 Å². The second-order valence-corrected chi connectivity index (χ2v) is 30.9. The third-order valence-electron chi connectivity index (χ3n) is 17.5. The molecule has 0 aliphatic heterocycles. The van der Waals surface area contributed by atoms with Crippen LogP contribution >= 0.6 is 15.6 Å². The molecular formula is C75H146O17P2. The van der Waals surface area contributed by atoms with E-state index in [0.717, 1.165) is 102 Å². The molecule has 94 heavy (non-hydrogen) atoms. The first kappa shape index (κ1) is 92.1. The van der Waals surface area contributed by atoms with Crippen molar-refractivity contribution in [2.45, 2.75) is 407 Å². The minimum Gasteiger partial charge on any atom is -0.462 e. The summed E-state index contributed by atoms with van der Waals surface area (Å²) in [5.74, 6) is -0.670. The molecule has 3 N–H and O–H groups in total. The van der Waals surface area contributed by atoms with Crippen molar-refractivity contribution >= 4 is 39.5 Å². The summed E-state index contributed by atoms with van der Waals surface area (Å²) in [4.78, 5) is 72.6. The fourth-order valence-corrected chi connectivity index (χ4v) is 13.1. The molecule has 558 valence electrons. The Balaban J connectivity index is 5.18. The van der Waals surface area contributed by atoms with Crippen molar-refractivity contribution in [3.05, 3.63) is 0 Å². The number of esters is 4. The molecule has 2 unspecified atom stereocenters. The van der Waals surface area contributed by atoms with E-state index in [1.807, 2.05) is 0 Å². The van der Waals surface area contributed by atoms with Crippen LogP contribution in [0.15, 0.2) is 0 Å². The summed E-state index contributed by atoms with van der Waals surface area (Å²) in [6, 6.07) is 0. The SMILES string of the molecule is CCCCCCCCCCCCCCCCCCCCCCCC(=O)O[C@H](COC(=O)CCCCCCCCCCCCCC(C)C)COP(=O)(O)OC[C@@H](O)COP(=O)(O)OC[C@@H](COC(=O)CCCCCCCCC(C)C)OC(=O)CCCCCCCCCCCC. The van der Waals surface area contributed by atoms with Crippen LogP contribution in [0.1, 0.15) is 388 Å². The van der Waals surface area contributed by atoms with E-state index in [1.54, 1.807) is 0 Å². The quantitative estimate of drug-likeness (QED) is 0.0222. The van der Waals surface area contributed by atoms with E-state index >= 15 is 0 Å². The lowest BCUT2D eigenvalue weighted by Crippen LogP contribution is -2.30. The van der Waals surface area contributed by atoms with Gasteiger partial charge in [-0.3, -0.25) is 37.3 Å². The monoisotopic (exact) mass is 1380 g/mol. The molecule has 0 amide bonds. The minimum absolute atomic E-state index is 0.105. The van der Waals surface area contributed by atoms with E-state index in [2.05, 4.69) is 41.5 Å². The number of aliphatic hydroxyl groups is 1. The molecular weight excluding hydrogens is 1230 g/mol. The Labute approximate surface area is 575 Å². The molecule has 0 aromatic heterocycles. The first-order valence-corrected chi connectivity index (χ1v) is 42.0. The zero-order valence-corrected chi connectivity index (χ0v) is 63.1. The summed E-state index contributed by atoms with van der Waals surface area (Å²) in [6.45, 7) is 9.49. The Morgan fingerprint density at radius 1 is 0.287 bits per heavy atom. The molecule has 0 saturated carbocycles. The van der Waals surface area contributed by atoms with Crippen molar-refractivity contribution in [3.8, 4) is 0 Å². The number of carbonyl (C=O) groups is 4. The Kier molecular flexibility index (Phi) is 65.5. The Morgan fingerprint density at radius 3 is 0.723 bits per heavy atom. The zero-order chi connectivity index (χ0) is 69.3. The van der Waals surface area contributed by atoms with Crippen LogP contribution in [-0.4, -0.2) is 96.7 Å². The second kappa shape index (κ2) is 66.9. The van der Waals surface area contributed by atoms with Gasteiger partial charge >= 0.3 is 39.5 Å². The molecule has 0 radical (unpaired) electrons. The van der Waals surface area contributed by atoms with Crippen LogP contribution in [-0.2, 0) is 65.4 Å². The van der Waals surface area contributed by atoms with Gasteiger partial charge in [0.1, 0.15) is 19.3 Å². The number of aliphatic hydroxyl groups excluding tert-OH is 1. The van der Waals surface area contributed by atoms with Crippen molar-refractivity contribution in [2.24, 2.45) is 11.8 Å². The first-order chi connectivity index (χ1) is 45.4. The maximum absolute atomic E-state index is 13.1. The Morgan fingerprint density at radius 2 is 0.489 bits per heavy atom. The largest absolute Gasteiger partial charge is 0.472 e. The van der Waals surface area contributed by atoms with Gasteiger partial charge in [0.15, 0.2) is 12.2 Å². The van der Waals surface area contributed by atoms with Gasteiger partial charge in [0.25, 0.3) is 0 Å². The number of unbranched alkanes of at least 4 members (excludes halogenated alkanes) is 44. The number of hydrogen-bond acceptors (Lipinski definition) is 15. The van der Waals surface area contributed by atoms with Gasteiger partial charge in [-0.15, -0.1) is 0 Å². The van der Waals surface area contributed by atoms with E-state index < -0.39 is 97.5 Å². The fraction of sp³-hybridized carbons (Fsp3) is 0.947.